The van der Waals surface area contributed by atoms with Gasteiger partial charge in [0.25, 0.3) is 0 Å². The van der Waals surface area contributed by atoms with Gasteiger partial charge in [-0.15, -0.1) is 0 Å². The van der Waals surface area contributed by atoms with Gasteiger partial charge in [-0.1, -0.05) is 70.8 Å². The van der Waals surface area contributed by atoms with Gasteiger partial charge in [0, 0.05) is 0 Å². The molecule has 0 aromatic rings. The third-order valence-corrected chi connectivity index (χ3v) is 9.34. The summed E-state index contributed by atoms with van der Waals surface area (Å²) in [5.41, 5.74) is 3.74. The molecule has 0 spiro atoms. The Hall–Kier alpha value is -0.350. The van der Waals surface area contributed by atoms with Crippen LogP contribution in [0.5, 0.6) is 0 Å². The summed E-state index contributed by atoms with van der Waals surface area (Å²) in [6, 6.07) is 0. The van der Waals surface area contributed by atoms with Crippen LogP contribution in [0.15, 0.2) is 35.2 Å². The average molecular weight is 302 g/mol. The largest absolute Gasteiger partial charge is 0.0801 e. The van der Waals surface area contributed by atoms with Crippen LogP contribution >= 0.6 is 7.92 Å². The highest BCUT2D eigenvalue weighted by Gasteiger charge is 2.32. The molecule has 21 heavy (non-hydrogen) atoms. The maximum absolute atomic E-state index is 2.49. The molecule has 3 rings (SSSR count). The van der Waals surface area contributed by atoms with Crippen molar-refractivity contribution in [3.8, 4) is 0 Å². The Labute approximate surface area is 132 Å². The molecule has 0 unspecified atom stereocenters. The van der Waals surface area contributed by atoms with Gasteiger partial charge in [-0.2, -0.15) is 0 Å². The van der Waals surface area contributed by atoms with Gasteiger partial charge in [-0.25, -0.2) is 0 Å². The van der Waals surface area contributed by atoms with Gasteiger partial charge in [0.1, 0.15) is 0 Å². The maximum Gasteiger partial charge on any atom is -0.00913 e. The van der Waals surface area contributed by atoms with Gasteiger partial charge in [0.2, 0.25) is 0 Å². The fourth-order valence-electron chi connectivity index (χ4n) is 4.51. The van der Waals surface area contributed by atoms with Crippen LogP contribution in [0.3, 0.4) is 0 Å². The second-order valence-electron chi connectivity index (χ2n) is 7.09. The Morgan fingerprint density at radius 2 is 1.43 bits per heavy atom. The van der Waals surface area contributed by atoms with E-state index in [0.717, 1.165) is 11.3 Å². The van der Waals surface area contributed by atoms with Crippen LogP contribution in [0.4, 0.5) is 0 Å². The predicted octanol–water partition coefficient (Wildman–Crippen LogP) is 6.92. The summed E-state index contributed by atoms with van der Waals surface area (Å²) >= 11 is 0. The molecule has 0 aromatic heterocycles. The maximum atomic E-state index is 2.49. The lowest BCUT2D eigenvalue weighted by Crippen LogP contribution is -2.21. The monoisotopic (exact) mass is 302 g/mol. The minimum Gasteiger partial charge on any atom is -0.0801 e. The Bertz CT molecular complexity index is 399. The Kier molecular flexibility index (Phi) is 5.75. The molecule has 2 saturated carbocycles. The fraction of sp³-hybridized carbons (Fsp3) is 0.700. The van der Waals surface area contributed by atoms with E-state index in [2.05, 4.69) is 31.2 Å². The third-order valence-electron chi connectivity index (χ3n) is 5.67. The van der Waals surface area contributed by atoms with Gasteiger partial charge >= 0.3 is 0 Å². The molecular weight excluding hydrogens is 271 g/mol. The first-order valence-electron chi connectivity index (χ1n) is 9.17. The molecule has 1 heteroatoms. The van der Waals surface area contributed by atoms with E-state index in [1.54, 1.807) is 5.57 Å². The van der Waals surface area contributed by atoms with Crippen LogP contribution in [0.1, 0.15) is 77.6 Å². The predicted molar refractivity (Wildman–Crippen MR) is 96.3 cm³/mol. The molecule has 116 valence electrons. The lowest BCUT2D eigenvalue weighted by Gasteiger charge is -2.40. The third kappa shape index (κ3) is 3.89. The van der Waals surface area contributed by atoms with Crippen molar-refractivity contribution in [3.05, 3.63) is 35.2 Å². The number of hydrogen-bond acceptors (Lipinski definition) is 0. The minimum absolute atomic E-state index is 0.113. The first-order valence-corrected chi connectivity index (χ1v) is 10.7. The molecule has 0 amide bonds. The van der Waals surface area contributed by atoms with Crippen molar-refractivity contribution in [1.29, 1.82) is 0 Å². The van der Waals surface area contributed by atoms with Crippen LogP contribution in [0.2, 0.25) is 0 Å². The molecule has 3 aliphatic rings. The molecule has 0 nitrogen and oxygen atoms in total. The van der Waals surface area contributed by atoms with Crippen molar-refractivity contribution < 1.29 is 0 Å². The van der Waals surface area contributed by atoms with Crippen LogP contribution in [0, 0.1) is 0 Å². The zero-order valence-corrected chi connectivity index (χ0v) is 14.6. The lowest BCUT2D eigenvalue weighted by molar-refractivity contribution is 0.486. The molecular formula is C20H31P. The Balaban J connectivity index is 1.83. The summed E-state index contributed by atoms with van der Waals surface area (Å²) in [4.78, 5) is 0. The highest BCUT2D eigenvalue weighted by Crippen LogP contribution is 2.61. The number of rotatable bonds is 3. The Morgan fingerprint density at radius 3 is 1.90 bits per heavy atom. The minimum atomic E-state index is 0.113. The topological polar surface area (TPSA) is 0 Å². The molecule has 3 aliphatic carbocycles. The van der Waals surface area contributed by atoms with Crippen molar-refractivity contribution in [2.24, 2.45) is 0 Å². The zero-order chi connectivity index (χ0) is 14.5. The zero-order valence-electron chi connectivity index (χ0n) is 13.7. The summed E-state index contributed by atoms with van der Waals surface area (Å²) in [6.45, 7) is 2.49. The standard InChI is InChI=1S/C20H31P/c1-17(18-11-5-2-6-12-18)21(19-13-7-3-8-14-19)20-15-9-4-10-16-20/h2,5-6,11,19-20H,3-4,7-10,12-16H2,1H3. The van der Waals surface area contributed by atoms with E-state index in [1.807, 2.05) is 5.31 Å². The van der Waals surface area contributed by atoms with Crippen molar-refractivity contribution in [3.63, 3.8) is 0 Å². The fourth-order valence-corrected chi connectivity index (χ4v) is 8.54. The highest BCUT2D eigenvalue weighted by molar-refractivity contribution is 7.63. The van der Waals surface area contributed by atoms with Crippen molar-refractivity contribution >= 4 is 7.92 Å². The van der Waals surface area contributed by atoms with E-state index in [4.69, 9.17) is 0 Å². The van der Waals surface area contributed by atoms with E-state index in [1.165, 1.54) is 70.6 Å². The second kappa shape index (κ2) is 7.77. The highest BCUT2D eigenvalue weighted by atomic mass is 31.1. The van der Waals surface area contributed by atoms with Crippen LogP contribution in [-0.2, 0) is 0 Å². The second-order valence-corrected chi connectivity index (χ2v) is 10.0. The molecule has 0 saturated heterocycles. The van der Waals surface area contributed by atoms with E-state index >= 15 is 0 Å². The quantitative estimate of drug-likeness (QED) is 0.496. The average Bonchev–Trinajstić information content (AvgIpc) is 2.58. The summed E-state index contributed by atoms with van der Waals surface area (Å²) in [7, 11) is 0.113. The van der Waals surface area contributed by atoms with Gasteiger partial charge in [0.15, 0.2) is 0 Å². The van der Waals surface area contributed by atoms with Crippen LogP contribution in [-0.4, -0.2) is 11.3 Å². The van der Waals surface area contributed by atoms with E-state index in [0.29, 0.717) is 0 Å². The molecule has 0 bridgehead atoms. The van der Waals surface area contributed by atoms with E-state index < -0.39 is 0 Å². The molecule has 0 aromatic carbocycles. The molecule has 2 fully saturated rings. The normalized spacial score (nSPS) is 27.3. The Morgan fingerprint density at radius 1 is 0.857 bits per heavy atom. The first kappa shape index (κ1) is 15.5. The molecule has 0 radical (unpaired) electrons. The van der Waals surface area contributed by atoms with Crippen molar-refractivity contribution in [2.45, 2.75) is 88.9 Å². The molecule has 0 atom stereocenters. The van der Waals surface area contributed by atoms with E-state index in [-0.39, 0.29) is 7.92 Å². The molecule has 0 heterocycles. The smallest absolute Gasteiger partial charge is 0.00913 e. The van der Waals surface area contributed by atoms with Crippen molar-refractivity contribution in [2.75, 3.05) is 0 Å². The summed E-state index contributed by atoms with van der Waals surface area (Å²) in [5.74, 6) is 0. The molecule has 0 aliphatic heterocycles. The van der Waals surface area contributed by atoms with E-state index in [9.17, 15) is 0 Å². The number of allylic oxidation sites excluding steroid dienone is 6. The number of hydrogen-bond donors (Lipinski definition) is 0. The summed E-state index contributed by atoms with van der Waals surface area (Å²) in [6.07, 6.45) is 25.4. The van der Waals surface area contributed by atoms with Gasteiger partial charge in [-0.3, -0.25) is 0 Å². The SMILES string of the molecule is CC(=C1C=CC=CC1)P(C1CCCCC1)C1CCCCC1. The van der Waals surface area contributed by atoms with Gasteiger partial charge in [-0.05, 0) is 61.2 Å². The lowest BCUT2D eigenvalue weighted by atomic mass is 9.99. The van der Waals surface area contributed by atoms with Crippen LogP contribution < -0.4 is 0 Å². The van der Waals surface area contributed by atoms with Gasteiger partial charge in [0.05, 0.1) is 0 Å². The summed E-state index contributed by atoms with van der Waals surface area (Å²) < 4.78 is 0. The summed E-state index contributed by atoms with van der Waals surface area (Å²) in [5, 5.41) is 1.81. The van der Waals surface area contributed by atoms with Crippen LogP contribution in [0.25, 0.3) is 0 Å². The van der Waals surface area contributed by atoms with Crippen molar-refractivity contribution in [1.82, 2.24) is 0 Å². The first-order chi connectivity index (χ1) is 10.4. The molecule has 0 N–H and O–H groups in total. The van der Waals surface area contributed by atoms with Gasteiger partial charge < -0.3 is 0 Å².